The quantitative estimate of drug-likeness (QED) is 0.134. The summed E-state index contributed by atoms with van der Waals surface area (Å²) in [6, 6.07) is -0.708. The van der Waals surface area contributed by atoms with Gasteiger partial charge in [-0.2, -0.15) is 0 Å². The first-order valence-corrected chi connectivity index (χ1v) is 6.23. The molecule has 7 N–H and O–H groups in total. The van der Waals surface area contributed by atoms with Crippen LogP contribution in [0.3, 0.4) is 0 Å². The van der Waals surface area contributed by atoms with Gasteiger partial charge in [0.15, 0.2) is 5.96 Å². The number of hydrogen-bond donors (Lipinski definition) is 5. The van der Waals surface area contributed by atoms with Crippen LogP contribution in [0.4, 0.5) is 0 Å². The van der Waals surface area contributed by atoms with Gasteiger partial charge in [0.05, 0.1) is 10.5 Å². The van der Waals surface area contributed by atoms with Crippen LogP contribution in [0, 0.1) is 5.41 Å². The maximum Gasteiger partial charge on any atom is 0.243 e. The molecule has 0 bridgehead atoms. The van der Waals surface area contributed by atoms with Gasteiger partial charge < -0.3 is 16.8 Å². The van der Waals surface area contributed by atoms with Gasteiger partial charge in [0.2, 0.25) is 11.8 Å². The van der Waals surface area contributed by atoms with E-state index in [-0.39, 0.29) is 28.7 Å². The Morgan fingerprint density at radius 1 is 1.41 bits per heavy atom. The van der Waals surface area contributed by atoms with E-state index in [4.69, 9.17) is 16.9 Å². The molecule has 0 unspecified atom stereocenters. The van der Waals surface area contributed by atoms with Crippen LogP contribution in [0.1, 0.15) is 12.8 Å². The van der Waals surface area contributed by atoms with E-state index in [1.807, 2.05) is 22.6 Å². The van der Waals surface area contributed by atoms with Crippen molar-refractivity contribution in [3.05, 3.63) is 0 Å². The number of rotatable bonds is 6. The Hall–Kier alpha value is -0.610. The Balaban J connectivity index is 0. The van der Waals surface area contributed by atoms with Crippen LogP contribution in [0.5, 0.6) is 0 Å². The molecule has 9 heteroatoms. The van der Waals surface area contributed by atoms with Crippen molar-refractivity contribution in [3.63, 3.8) is 0 Å². The third-order valence-electron chi connectivity index (χ3n) is 1.73. The molecule has 0 aliphatic heterocycles. The van der Waals surface area contributed by atoms with Crippen LogP contribution < -0.4 is 22.1 Å². The highest BCUT2D eigenvalue weighted by Gasteiger charge is 2.14. The van der Waals surface area contributed by atoms with E-state index < -0.39 is 11.9 Å². The van der Waals surface area contributed by atoms with Crippen LogP contribution in [0.2, 0.25) is 0 Å². The molecule has 0 heterocycles. The molecular formula is C8H17ClIN5O2. The highest BCUT2D eigenvalue weighted by Crippen LogP contribution is 1.94. The average molecular weight is 378 g/mol. The first-order valence-electron chi connectivity index (χ1n) is 4.70. The number of carbonyl (C=O) groups is 2. The molecule has 0 aromatic heterocycles. The minimum absolute atomic E-state index is 0. The fraction of sp³-hybridized carbons (Fsp3) is 0.625. The summed E-state index contributed by atoms with van der Waals surface area (Å²) in [5, 5.41) is 11.7. The highest BCUT2D eigenvalue weighted by atomic mass is 127. The van der Waals surface area contributed by atoms with E-state index in [9.17, 15) is 9.59 Å². The van der Waals surface area contributed by atoms with Crippen molar-refractivity contribution in [2.45, 2.75) is 18.9 Å². The van der Waals surface area contributed by atoms with Crippen molar-refractivity contribution >= 4 is 52.8 Å². The molecule has 0 saturated heterocycles. The molecule has 0 aromatic rings. The Bertz CT molecular complexity index is 277. The number of nitrogens with two attached hydrogens (primary N) is 2. The number of guanidine groups is 1. The highest BCUT2D eigenvalue weighted by molar-refractivity contribution is 14.1. The largest absolute Gasteiger partial charge is 0.370 e. The second-order valence-electron chi connectivity index (χ2n) is 3.14. The molecule has 0 aliphatic rings. The van der Waals surface area contributed by atoms with Gasteiger partial charge in [-0.3, -0.25) is 20.3 Å². The minimum Gasteiger partial charge on any atom is -0.370 e. The maximum atomic E-state index is 11.3. The van der Waals surface area contributed by atoms with Crippen LogP contribution >= 0.6 is 35.0 Å². The zero-order valence-corrected chi connectivity index (χ0v) is 12.1. The molecule has 2 amide bonds. The van der Waals surface area contributed by atoms with Gasteiger partial charge in [-0.1, -0.05) is 22.6 Å². The molecule has 0 aliphatic carbocycles. The van der Waals surface area contributed by atoms with Crippen molar-refractivity contribution in [2.24, 2.45) is 11.5 Å². The van der Waals surface area contributed by atoms with Gasteiger partial charge in [-0.15, -0.1) is 12.4 Å². The third-order valence-corrected chi connectivity index (χ3v) is 2.42. The van der Waals surface area contributed by atoms with Crippen LogP contribution in [0.25, 0.3) is 0 Å². The molecule has 0 fully saturated rings. The molecule has 1 atom stereocenters. The van der Waals surface area contributed by atoms with Crippen LogP contribution in [0.15, 0.2) is 0 Å². The van der Waals surface area contributed by atoms with E-state index >= 15 is 0 Å². The summed E-state index contributed by atoms with van der Waals surface area (Å²) in [6.45, 7) is 0.483. The average Bonchev–Trinajstić information content (AvgIpc) is 2.23. The molecule has 0 spiro atoms. The monoisotopic (exact) mass is 377 g/mol. The lowest BCUT2D eigenvalue weighted by molar-refractivity contribution is -0.129. The van der Waals surface area contributed by atoms with E-state index in [0.29, 0.717) is 19.4 Å². The minimum atomic E-state index is -0.708. The number of imide groups is 1. The molecule has 0 radical (unpaired) electrons. The van der Waals surface area contributed by atoms with Crippen molar-refractivity contribution in [3.8, 4) is 0 Å². The van der Waals surface area contributed by atoms with Crippen molar-refractivity contribution in [1.82, 2.24) is 10.6 Å². The predicted octanol–water partition coefficient (Wildman–Crippen LogP) is -0.923. The second kappa shape index (κ2) is 10.5. The van der Waals surface area contributed by atoms with Crippen LogP contribution in [-0.4, -0.2) is 34.8 Å². The number of halogens is 2. The first-order chi connectivity index (χ1) is 7.47. The normalized spacial score (nSPS) is 10.9. The van der Waals surface area contributed by atoms with E-state index in [1.54, 1.807) is 0 Å². The summed E-state index contributed by atoms with van der Waals surface area (Å²) < 4.78 is 0.224. The molecule has 7 nitrogen and oxygen atoms in total. The zero-order chi connectivity index (χ0) is 12.6. The first kappa shape index (κ1) is 18.7. The lowest BCUT2D eigenvalue weighted by Crippen LogP contribution is -2.44. The Labute approximate surface area is 119 Å². The summed E-state index contributed by atoms with van der Waals surface area (Å²) in [4.78, 5) is 22.2. The lowest BCUT2D eigenvalue weighted by atomic mass is 10.1. The van der Waals surface area contributed by atoms with Gasteiger partial charge in [-0.25, -0.2) is 0 Å². The summed E-state index contributed by atoms with van der Waals surface area (Å²) in [5.41, 5.74) is 10.6. The Morgan fingerprint density at radius 3 is 2.47 bits per heavy atom. The molecule has 0 aromatic carbocycles. The van der Waals surface area contributed by atoms with E-state index in [2.05, 4.69) is 10.6 Å². The molecule has 0 rings (SSSR count). The maximum absolute atomic E-state index is 11.3. The molecule has 17 heavy (non-hydrogen) atoms. The molecule has 100 valence electrons. The molecular weight excluding hydrogens is 360 g/mol. The summed E-state index contributed by atoms with van der Waals surface area (Å²) in [5.74, 6) is -0.925. The standard InChI is InChI=1S/C8H16IN5O2.ClH/c9-4-6(15)14-7(16)5(10)2-1-3-13-8(11)12;/h5H,1-4,10H2,(H4,11,12,13)(H,14,15,16);1H/t5-;/m0./s1. The summed E-state index contributed by atoms with van der Waals surface area (Å²) in [6.07, 6.45) is 1.03. The zero-order valence-electron chi connectivity index (χ0n) is 9.16. The van der Waals surface area contributed by atoms with E-state index in [1.165, 1.54) is 0 Å². The topological polar surface area (TPSA) is 134 Å². The van der Waals surface area contributed by atoms with Gasteiger partial charge in [0.25, 0.3) is 0 Å². The lowest BCUT2D eigenvalue weighted by Gasteiger charge is -2.10. The van der Waals surface area contributed by atoms with Crippen molar-refractivity contribution in [2.75, 3.05) is 11.0 Å². The Kier molecular flexibility index (Phi) is 11.6. The number of amides is 2. The van der Waals surface area contributed by atoms with Gasteiger partial charge in [0.1, 0.15) is 0 Å². The smallest absolute Gasteiger partial charge is 0.243 e. The second-order valence-corrected chi connectivity index (χ2v) is 3.90. The predicted molar refractivity (Wildman–Crippen MR) is 76.4 cm³/mol. The number of alkyl halides is 1. The number of hydrogen-bond acceptors (Lipinski definition) is 4. The number of carbonyl (C=O) groups excluding carboxylic acids is 2. The van der Waals surface area contributed by atoms with Gasteiger partial charge >= 0.3 is 0 Å². The van der Waals surface area contributed by atoms with Crippen LogP contribution in [-0.2, 0) is 9.59 Å². The Morgan fingerprint density at radius 2 is 2.00 bits per heavy atom. The van der Waals surface area contributed by atoms with E-state index in [0.717, 1.165) is 0 Å². The summed E-state index contributed by atoms with van der Waals surface area (Å²) in [7, 11) is 0. The van der Waals surface area contributed by atoms with Gasteiger partial charge in [0, 0.05) is 6.54 Å². The fourth-order valence-corrected chi connectivity index (χ4v) is 1.13. The SMILES string of the molecule is Cl.N=C(N)NCCC[C@H](N)C(=O)NC(=O)CI. The number of nitrogens with one attached hydrogen (secondary N) is 3. The fourth-order valence-electron chi connectivity index (χ4n) is 0.940. The molecule has 0 saturated carbocycles. The van der Waals surface area contributed by atoms with Crippen molar-refractivity contribution < 1.29 is 9.59 Å². The third kappa shape index (κ3) is 10.3. The summed E-state index contributed by atoms with van der Waals surface area (Å²) >= 11 is 1.86. The van der Waals surface area contributed by atoms with Crippen molar-refractivity contribution in [1.29, 1.82) is 5.41 Å². The van der Waals surface area contributed by atoms with Gasteiger partial charge in [-0.05, 0) is 12.8 Å².